The van der Waals surface area contributed by atoms with Gasteiger partial charge in [-0.25, -0.2) is 0 Å². The van der Waals surface area contributed by atoms with Gasteiger partial charge in [-0.3, -0.25) is 29.4 Å². The summed E-state index contributed by atoms with van der Waals surface area (Å²) in [5.74, 6) is -0.112. The fraction of sp³-hybridized carbons (Fsp3) is 0.182. The van der Waals surface area contributed by atoms with E-state index in [1.54, 1.807) is 26.0 Å². The molecule has 3 rings (SSSR count). The predicted octanol–water partition coefficient (Wildman–Crippen LogP) is 4.70. The Morgan fingerprint density at radius 2 is 1.23 bits per heavy atom. The third-order valence-electron chi connectivity index (χ3n) is 4.75. The molecule has 0 radical (unpaired) electrons. The molecular weight excluding hydrogens is 498 g/mol. The Morgan fingerprint density at radius 3 is 1.69 bits per heavy atom. The van der Waals surface area contributed by atoms with Gasteiger partial charge >= 0.3 is 15.0 Å². The van der Waals surface area contributed by atoms with Crippen LogP contribution in [0.15, 0.2) is 72.8 Å². The van der Waals surface area contributed by atoms with Gasteiger partial charge in [0.25, 0.3) is 11.4 Å². The van der Waals surface area contributed by atoms with E-state index in [1.165, 1.54) is 48.5 Å². The average Bonchev–Trinajstić information content (AvgIpc) is 2.84. The molecule has 3 aromatic rings. The maximum atomic E-state index is 14.5. The molecule has 184 valence electrons. The van der Waals surface area contributed by atoms with Crippen molar-refractivity contribution in [3.8, 4) is 5.75 Å². The lowest BCUT2D eigenvalue weighted by atomic mass is 10.3. The number of para-hydroxylation sites is 1. The lowest BCUT2D eigenvalue weighted by Gasteiger charge is -2.24. The molecule has 0 spiro atoms. The largest absolute Gasteiger partial charge is 0.436 e. The second-order valence-electron chi connectivity index (χ2n) is 7.00. The van der Waals surface area contributed by atoms with E-state index < -0.39 is 24.8 Å². The summed E-state index contributed by atoms with van der Waals surface area (Å²) in [6.45, 7) is 3.37. The molecule has 0 N–H and O–H groups in total. The summed E-state index contributed by atoms with van der Waals surface area (Å²) in [6, 6.07) is 15.9. The number of nitro groups is 2. The molecule has 13 heteroatoms. The summed E-state index contributed by atoms with van der Waals surface area (Å²) in [5, 5.41) is 22.6. The monoisotopic (exact) mass is 520 g/mol. The molecular formula is C22H22N2O9P2. The normalized spacial score (nSPS) is 11.7. The molecule has 0 heterocycles. The van der Waals surface area contributed by atoms with Gasteiger partial charge in [-0.1, -0.05) is 24.3 Å². The molecule has 0 aliphatic rings. The van der Waals surface area contributed by atoms with E-state index in [0.29, 0.717) is 0 Å². The van der Waals surface area contributed by atoms with E-state index in [1.807, 2.05) is 0 Å². The lowest BCUT2D eigenvalue weighted by Crippen LogP contribution is -2.23. The zero-order valence-corrected chi connectivity index (χ0v) is 20.6. The second kappa shape index (κ2) is 10.9. The van der Waals surface area contributed by atoms with Crippen LogP contribution in [0.2, 0.25) is 0 Å². The van der Waals surface area contributed by atoms with Crippen LogP contribution in [0.3, 0.4) is 0 Å². The van der Waals surface area contributed by atoms with E-state index in [9.17, 15) is 29.4 Å². The Hall–Kier alpha value is -3.36. The van der Waals surface area contributed by atoms with Crippen LogP contribution in [0.25, 0.3) is 0 Å². The Labute approximate surface area is 200 Å². The number of rotatable bonds is 11. The van der Waals surface area contributed by atoms with E-state index in [2.05, 4.69) is 0 Å². The van der Waals surface area contributed by atoms with Gasteiger partial charge in [-0.2, -0.15) is 0 Å². The van der Waals surface area contributed by atoms with Crippen molar-refractivity contribution in [3.63, 3.8) is 0 Å². The molecule has 35 heavy (non-hydrogen) atoms. The van der Waals surface area contributed by atoms with E-state index in [4.69, 9.17) is 13.6 Å². The van der Waals surface area contributed by atoms with Gasteiger partial charge in [0.05, 0.1) is 33.7 Å². The topological polar surface area (TPSA) is 148 Å². The van der Waals surface area contributed by atoms with Gasteiger partial charge in [-0.05, 0) is 38.1 Å². The fourth-order valence-electron chi connectivity index (χ4n) is 3.25. The van der Waals surface area contributed by atoms with Gasteiger partial charge in [-0.15, -0.1) is 0 Å². The highest BCUT2D eigenvalue weighted by Crippen LogP contribution is 2.52. The highest BCUT2D eigenvalue weighted by molar-refractivity contribution is 7.74. The number of benzene rings is 3. The number of nitro benzene ring substituents is 2. The van der Waals surface area contributed by atoms with Crippen LogP contribution < -0.4 is 20.4 Å². The van der Waals surface area contributed by atoms with Gasteiger partial charge in [0.15, 0.2) is 0 Å². The molecule has 0 atom stereocenters. The van der Waals surface area contributed by atoms with Crippen LogP contribution >= 0.6 is 15.0 Å². The highest BCUT2D eigenvalue weighted by atomic mass is 31.2. The molecule has 11 nitrogen and oxygen atoms in total. The number of nitrogens with zero attached hydrogens (tertiary/aromatic N) is 2. The summed E-state index contributed by atoms with van der Waals surface area (Å²) in [5.41, 5.74) is -0.696. The van der Waals surface area contributed by atoms with Crippen LogP contribution in [0.4, 0.5) is 11.4 Å². The minimum Gasteiger partial charge on any atom is -0.436 e. The van der Waals surface area contributed by atoms with E-state index >= 15 is 0 Å². The van der Waals surface area contributed by atoms with Crippen molar-refractivity contribution in [2.24, 2.45) is 0 Å². The zero-order valence-electron chi connectivity index (χ0n) is 18.8. The first-order chi connectivity index (χ1) is 16.6. The predicted molar refractivity (Wildman–Crippen MR) is 131 cm³/mol. The van der Waals surface area contributed by atoms with Crippen LogP contribution in [0.1, 0.15) is 13.8 Å². The SMILES string of the molecule is CCOP(=O)(OCC)c1ccccc1OP(=O)(c1cccc([N+](=O)[O-])c1)c1cccc([N+](=O)[O-])c1. The smallest absolute Gasteiger partial charge is 0.365 e. The zero-order chi connectivity index (χ0) is 25.6. The van der Waals surface area contributed by atoms with Crippen molar-refractivity contribution < 1.29 is 32.5 Å². The Bertz CT molecular complexity index is 1270. The van der Waals surface area contributed by atoms with Crippen LogP contribution in [0.5, 0.6) is 5.75 Å². The summed E-state index contributed by atoms with van der Waals surface area (Å²) < 4.78 is 44.8. The van der Waals surface area contributed by atoms with E-state index in [0.717, 1.165) is 12.1 Å². The van der Waals surface area contributed by atoms with Crippen molar-refractivity contribution in [1.82, 2.24) is 0 Å². The third kappa shape index (κ3) is 5.66. The van der Waals surface area contributed by atoms with Gasteiger partial charge in [0.1, 0.15) is 11.1 Å². The third-order valence-corrected chi connectivity index (χ3v) is 9.27. The molecule has 3 aromatic carbocycles. The Morgan fingerprint density at radius 1 is 0.743 bits per heavy atom. The molecule has 0 saturated carbocycles. The fourth-order valence-corrected chi connectivity index (χ4v) is 7.13. The van der Waals surface area contributed by atoms with Crippen molar-refractivity contribution in [3.05, 3.63) is 93.0 Å². The quantitative estimate of drug-likeness (QED) is 0.199. The molecule has 0 unspecified atom stereocenters. The van der Waals surface area contributed by atoms with Crippen molar-refractivity contribution >= 4 is 42.3 Å². The van der Waals surface area contributed by atoms with Gasteiger partial charge < -0.3 is 13.6 Å². The van der Waals surface area contributed by atoms with Crippen LogP contribution in [-0.2, 0) is 18.2 Å². The second-order valence-corrected chi connectivity index (χ2v) is 11.3. The number of hydrogen-bond donors (Lipinski definition) is 0. The molecule has 0 aliphatic heterocycles. The van der Waals surface area contributed by atoms with Crippen LogP contribution in [0, 0.1) is 20.2 Å². The number of non-ortho nitro benzene ring substituents is 2. The molecule has 0 aliphatic carbocycles. The Kier molecular flexibility index (Phi) is 8.19. The molecule has 0 saturated heterocycles. The minimum atomic E-state index is -4.25. The molecule has 0 bridgehead atoms. The first-order valence-electron chi connectivity index (χ1n) is 10.4. The van der Waals surface area contributed by atoms with Crippen molar-refractivity contribution in [2.75, 3.05) is 13.2 Å². The summed E-state index contributed by atoms with van der Waals surface area (Å²) in [6.07, 6.45) is 0. The van der Waals surface area contributed by atoms with Gasteiger partial charge in [0.2, 0.25) is 0 Å². The summed E-state index contributed by atoms with van der Waals surface area (Å²) >= 11 is 0. The summed E-state index contributed by atoms with van der Waals surface area (Å²) in [4.78, 5) is 21.4. The first kappa shape index (κ1) is 26.2. The lowest BCUT2D eigenvalue weighted by molar-refractivity contribution is -0.384. The minimum absolute atomic E-state index is 0.000198. The average molecular weight is 520 g/mol. The van der Waals surface area contributed by atoms with Gasteiger partial charge in [0, 0.05) is 24.3 Å². The molecule has 0 aromatic heterocycles. The van der Waals surface area contributed by atoms with Crippen LogP contribution in [-0.4, -0.2) is 23.1 Å². The first-order valence-corrected chi connectivity index (χ1v) is 13.6. The van der Waals surface area contributed by atoms with Crippen molar-refractivity contribution in [2.45, 2.75) is 13.8 Å². The molecule has 0 fully saturated rings. The van der Waals surface area contributed by atoms with E-state index in [-0.39, 0.29) is 46.3 Å². The standard InChI is InChI=1S/C22H22N2O9P2/c1-3-31-35(30,32-4-2)22-14-6-5-13-21(22)33-34(29,19-11-7-9-17(15-19)23(25)26)20-12-8-10-18(16-20)24(27)28/h5-16H,3-4H2,1-2H3. The molecule has 0 amide bonds. The Balaban J connectivity index is 2.25. The maximum absolute atomic E-state index is 14.5. The maximum Gasteiger partial charge on any atom is 0.365 e. The number of hydrogen-bond acceptors (Lipinski definition) is 9. The highest BCUT2D eigenvalue weighted by Gasteiger charge is 2.37. The summed E-state index contributed by atoms with van der Waals surface area (Å²) in [7, 11) is -8.15. The van der Waals surface area contributed by atoms with Crippen molar-refractivity contribution in [1.29, 1.82) is 0 Å².